The van der Waals surface area contributed by atoms with Crippen molar-refractivity contribution in [3.05, 3.63) is 78.8 Å². The number of fused-ring (bicyclic) bond motifs is 1. The molecule has 2 aliphatic rings. The van der Waals surface area contributed by atoms with E-state index in [1.807, 2.05) is 23.9 Å². The van der Waals surface area contributed by atoms with E-state index in [1.54, 1.807) is 6.20 Å². The van der Waals surface area contributed by atoms with Gasteiger partial charge < -0.3 is 10.6 Å². The van der Waals surface area contributed by atoms with Crippen molar-refractivity contribution in [2.75, 3.05) is 39.0 Å². The molecule has 0 spiro atoms. The molecule has 8 heteroatoms. The van der Waals surface area contributed by atoms with Crippen LogP contribution in [0.25, 0.3) is 39.1 Å². The number of hydrogen-bond donors (Lipinski definition) is 1. The van der Waals surface area contributed by atoms with E-state index in [2.05, 4.69) is 81.1 Å². The van der Waals surface area contributed by atoms with Crippen LogP contribution >= 0.6 is 0 Å². The fourth-order valence-electron chi connectivity index (χ4n) is 6.72. The van der Waals surface area contributed by atoms with Crippen LogP contribution in [0.15, 0.2) is 73.1 Å². The third-order valence-corrected chi connectivity index (χ3v) is 9.00. The maximum atomic E-state index is 6.54. The molecule has 41 heavy (non-hydrogen) atoms. The third-order valence-electron chi connectivity index (χ3n) is 9.00. The topological polar surface area (TPSA) is 81.0 Å². The van der Waals surface area contributed by atoms with E-state index < -0.39 is 0 Å². The van der Waals surface area contributed by atoms with Crippen molar-refractivity contribution in [3.63, 3.8) is 0 Å². The number of pyridine rings is 1. The van der Waals surface area contributed by atoms with Gasteiger partial charge in [0.25, 0.3) is 0 Å². The van der Waals surface area contributed by atoms with E-state index in [9.17, 15) is 0 Å². The van der Waals surface area contributed by atoms with Gasteiger partial charge in [-0.15, -0.1) is 0 Å². The number of rotatable bonds is 5. The average Bonchev–Trinajstić information content (AvgIpc) is 3.60. The molecule has 1 saturated carbocycles. The van der Waals surface area contributed by atoms with E-state index in [0.717, 1.165) is 57.6 Å². The highest BCUT2D eigenvalue weighted by atomic mass is 15.3. The SMILES string of the molecule is Cc1cc(-c2ccccc2)n(-c2ccc(-c3nn(C4CCC(N5CCN(C)CC5)CC4)c4cncc(N)c34)cc2)n1. The summed E-state index contributed by atoms with van der Waals surface area (Å²) in [7, 11) is 2.22. The van der Waals surface area contributed by atoms with Crippen LogP contribution in [-0.2, 0) is 0 Å². The van der Waals surface area contributed by atoms with Crippen molar-refractivity contribution in [1.82, 2.24) is 34.3 Å². The molecular formula is C33H38N8. The van der Waals surface area contributed by atoms with E-state index in [1.165, 1.54) is 39.0 Å². The fourth-order valence-corrected chi connectivity index (χ4v) is 6.72. The Morgan fingerprint density at radius 2 is 1.49 bits per heavy atom. The summed E-state index contributed by atoms with van der Waals surface area (Å²) in [5.74, 6) is 0. The number of anilines is 1. The minimum Gasteiger partial charge on any atom is -0.397 e. The van der Waals surface area contributed by atoms with Crippen LogP contribution in [0.5, 0.6) is 0 Å². The number of piperazine rings is 1. The fraction of sp³-hybridized carbons (Fsp3) is 0.364. The van der Waals surface area contributed by atoms with Crippen molar-refractivity contribution in [1.29, 1.82) is 0 Å². The Balaban J connectivity index is 1.17. The number of benzene rings is 2. The summed E-state index contributed by atoms with van der Waals surface area (Å²) in [4.78, 5) is 9.59. The molecule has 5 aromatic rings. The quantitative estimate of drug-likeness (QED) is 0.310. The average molecular weight is 547 g/mol. The highest BCUT2D eigenvalue weighted by molar-refractivity contribution is 6.01. The van der Waals surface area contributed by atoms with Gasteiger partial charge in [-0.05, 0) is 57.9 Å². The summed E-state index contributed by atoms with van der Waals surface area (Å²) < 4.78 is 4.23. The molecular weight excluding hydrogens is 508 g/mol. The monoisotopic (exact) mass is 546 g/mol. The largest absolute Gasteiger partial charge is 0.397 e. The van der Waals surface area contributed by atoms with Gasteiger partial charge in [0, 0.05) is 43.3 Å². The summed E-state index contributed by atoms with van der Waals surface area (Å²) in [6.07, 6.45) is 8.35. The lowest BCUT2D eigenvalue weighted by molar-refractivity contribution is 0.0816. The van der Waals surface area contributed by atoms with Gasteiger partial charge in [-0.3, -0.25) is 14.6 Å². The molecule has 3 aromatic heterocycles. The maximum absolute atomic E-state index is 6.54. The Kier molecular flexibility index (Phi) is 6.80. The first-order chi connectivity index (χ1) is 20.0. The van der Waals surface area contributed by atoms with Crippen LogP contribution in [0, 0.1) is 6.92 Å². The zero-order valence-electron chi connectivity index (χ0n) is 23.9. The van der Waals surface area contributed by atoms with Crippen LogP contribution < -0.4 is 5.73 Å². The first-order valence-electron chi connectivity index (χ1n) is 14.8. The second kappa shape index (κ2) is 10.8. The number of aromatic nitrogens is 5. The van der Waals surface area contributed by atoms with Crippen molar-refractivity contribution < 1.29 is 0 Å². The molecule has 2 fully saturated rings. The Hall–Kier alpha value is -4.01. The first-order valence-corrected chi connectivity index (χ1v) is 14.8. The van der Waals surface area contributed by atoms with Gasteiger partial charge in [-0.25, -0.2) is 4.68 Å². The van der Waals surface area contributed by atoms with E-state index in [0.29, 0.717) is 17.8 Å². The molecule has 4 heterocycles. The first kappa shape index (κ1) is 25.9. The van der Waals surface area contributed by atoms with Gasteiger partial charge in [0.1, 0.15) is 5.69 Å². The second-order valence-electron chi connectivity index (χ2n) is 11.7. The van der Waals surface area contributed by atoms with Gasteiger partial charge in [-0.2, -0.15) is 10.2 Å². The zero-order chi connectivity index (χ0) is 27.9. The number of nitrogens with zero attached hydrogens (tertiary/aromatic N) is 7. The highest BCUT2D eigenvalue weighted by Crippen LogP contribution is 2.38. The number of nitrogens with two attached hydrogens (primary N) is 1. The molecule has 1 aliphatic heterocycles. The van der Waals surface area contributed by atoms with Gasteiger partial charge in [0.2, 0.25) is 0 Å². The molecule has 0 amide bonds. The van der Waals surface area contributed by atoms with Crippen LogP contribution in [0.4, 0.5) is 5.69 Å². The molecule has 210 valence electrons. The molecule has 2 N–H and O–H groups in total. The number of likely N-dealkylation sites (N-methyl/N-ethyl adjacent to an activating group) is 1. The molecule has 2 aromatic carbocycles. The zero-order valence-corrected chi connectivity index (χ0v) is 23.9. The van der Waals surface area contributed by atoms with Crippen molar-refractivity contribution >= 4 is 16.6 Å². The summed E-state index contributed by atoms with van der Waals surface area (Å²) in [6.45, 7) is 6.74. The summed E-state index contributed by atoms with van der Waals surface area (Å²) in [6, 6.07) is 22.1. The molecule has 7 rings (SSSR count). The van der Waals surface area contributed by atoms with Gasteiger partial charge in [0.15, 0.2) is 0 Å². The molecule has 1 saturated heterocycles. The standard InChI is InChI=1S/C33H38N8/c1-23-20-30(24-6-4-3-5-7-24)40(36-23)27-10-8-25(9-11-27)33-32-29(34)21-35-22-31(32)41(37-33)28-14-12-26(13-15-28)39-18-16-38(2)17-19-39/h3-11,20-22,26,28H,12-19,34H2,1-2H3. The third kappa shape index (κ3) is 4.91. The molecule has 1 aliphatic carbocycles. The molecule has 0 unspecified atom stereocenters. The van der Waals surface area contributed by atoms with Gasteiger partial charge in [0.05, 0.1) is 52.1 Å². The van der Waals surface area contributed by atoms with Crippen LogP contribution in [-0.4, -0.2) is 73.6 Å². The minimum atomic E-state index is 0.360. The van der Waals surface area contributed by atoms with Crippen molar-refractivity contribution in [2.45, 2.75) is 44.7 Å². The Morgan fingerprint density at radius 1 is 0.780 bits per heavy atom. The highest BCUT2D eigenvalue weighted by Gasteiger charge is 2.30. The Bertz CT molecular complexity index is 1640. The van der Waals surface area contributed by atoms with Crippen LogP contribution in [0.1, 0.15) is 37.4 Å². The predicted molar refractivity (Wildman–Crippen MR) is 165 cm³/mol. The lowest BCUT2D eigenvalue weighted by atomic mass is 9.89. The van der Waals surface area contributed by atoms with Crippen LogP contribution in [0.3, 0.4) is 0 Å². The second-order valence-corrected chi connectivity index (χ2v) is 11.7. The van der Waals surface area contributed by atoms with Crippen molar-refractivity contribution in [2.24, 2.45) is 0 Å². The predicted octanol–water partition coefficient (Wildman–Crippen LogP) is 5.57. The Morgan fingerprint density at radius 3 is 2.22 bits per heavy atom. The molecule has 0 bridgehead atoms. The van der Waals surface area contributed by atoms with Crippen molar-refractivity contribution in [3.8, 4) is 28.2 Å². The lowest BCUT2D eigenvalue weighted by Crippen LogP contribution is -2.49. The van der Waals surface area contributed by atoms with E-state index >= 15 is 0 Å². The minimum absolute atomic E-state index is 0.360. The normalized spacial score (nSPS) is 20.5. The van der Waals surface area contributed by atoms with Crippen LogP contribution in [0.2, 0.25) is 0 Å². The summed E-state index contributed by atoms with van der Waals surface area (Å²) in [5.41, 5.74) is 14.4. The number of hydrogen-bond acceptors (Lipinski definition) is 6. The molecule has 8 nitrogen and oxygen atoms in total. The van der Waals surface area contributed by atoms with Gasteiger partial charge >= 0.3 is 0 Å². The molecule has 0 radical (unpaired) electrons. The summed E-state index contributed by atoms with van der Waals surface area (Å²) in [5, 5.41) is 11.0. The lowest BCUT2D eigenvalue weighted by Gasteiger charge is -2.41. The van der Waals surface area contributed by atoms with Gasteiger partial charge in [-0.1, -0.05) is 42.5 Å². The molecule has 0 atom stereocenters. The van der Waals surface area contributed by atoms with E-state index in [-0.39, 0.29) is 0 Å². The maximum Gasteiger partial charge on any atom is 0.102 e. The summed E-state index contributed by atoms with van der Waals surface area (Å²) >= 11 is 0. The number of aryl methyl sites for hydroxylation is 1. The Labute approximate surface area is 241 Å². The number of nitrogen functional groups attached to an aromatic ring is 1. The smallest absolute Gasteiger partial charge is 0.102 e. The van der Waals surface area contributed by atoms with E-state index in [4.69, 9.17) is 15.9 Å².